The number of nitrogen functional groups attached to an aromatic ring is 1. The molecule has 0 spiro atoms. The van der Waals surface area contributed by atoms with E-state index in [0.717, 1.165) is 16.6 Å². The van der Waals surface area contributed by atoms with E-state index in [1.165, 1.54) is 0 Å². The summed E-state index contributed by atoms with van der Waals surface area (Å²) in [5.41, 5.74) is 11.2. The smallest absolute Gasteiger partial charge is 0.161 e. The van der Waals surface area contributed by atoms with Crippen LogP contribution in [0.25, 0.3) is 39.5 Å². The normalized spacial score (nSPS) is 11.1. The average Bonchev–Trinajstić information content (AvgIpc) is 3.14. The third-order valence-corrected chi connectivity index (χ3v) is 4.72. The monoisotopic (exact) mass is 399 g/mol. The van der Waals surface area contributed by atoms with Gasteiger partial charge in [0.1, 0.15) is 17.2 Å². The lowest BCUT2D eigenvalue weighted by atomic mass is 10.1. The number of fused-ring (bicyclic) bond motifs is 1. The van der Waals surface area contributed by atoms with Crippen molar-refractivity contribution in [2.24, 2.45) is 0 Å². The first-order chi connectivity index (χ1) is 14.2. The Morgan fingerprint density at radius 3 is 2.62 bits per heavy atom. The third-order valence-electron chi connectivity index (χ3n) is 4.51. The van der Waals surface area contributed by atoms with Crippen LogP contribution in [0.15, 0.2) is 73.3 Å². The van der Waals surface area contributed by atoms with Crippen molar-refractivity contribution in [3.63, 3.8) is 0 Å². The maximum Gasteiger partial charge on any atom is 0.161 e. The molecular weight excluding hydrogens is 386 g/mol. The van der Waals surface area contributed by atoms with Crippen molar-refractivity contribution >= 4 is 22.8 Å². The number of nitrogens with zero attached hydrogens (tertiary/aromatic N) is 6. The first kappa shape index (κ1) is 17.3. The molecular formula is C21H14ClN7. The van der Waals surface area contributed by atoms with Crippen LogP contribution in [-0.2, 0) is 0 Å². The topological polar surface area (TPSA) is 94.9 Å². The molecule has 0 radical (unpaired) electrons. The summed E-state index contributed by atoms with van der Waals surface area (Å²) in [6, 6.07) is 16.7. The van der Waals surface area contributed by atoms with Gasteiger partial charge in [0.05, 0.1) is 22.5 Å². The second-order valence-corrected chi connectivity index (χ2v) is 6.72. The fraction of sp³-hybridized carbons (Fsp3) is 0. The Kier molecular flexibility index (Phi) is 4.14. The van der Waals surface area contributed by atoms with Gasteiger partial charge >= 0.3 is 0 Å². The first-order valence-corrected chi connectivity index (χ1v) is 9.22. The standard InChI is InChI=1S/C21H14ClN7/c22-18-7-3-6-16(26-18)20-19(17-9-10-24-12-29(17)28-20)15-8-11-25-21(27-15)13-4-1-2-5-14(13)23/h1-12H,23H2. The summed E-state index contributed by atoms with van der Waals surface area (Å²) in [4.78, 5) is 17.8. The molecule has 7 nitrogen and oxygen atoms in total. The van der Waals surface area contributed by atoms with Crippen molar-refractivity contribution in [2.45, 2.75) is 0 Å². The van der Waals surface area contributed by atoms with Gasteiger partial charge in [0, 0.05) is 23.6 Å². The number of pyridine rings is 1. The van der Waals surface area contributed by atoms with E-state index in [9.17, 15) is 0 Å². The van der Waals surface area contributed by atoms with E-state index in [-0.39, 0.29) is 0 Å². The highest BCUT2D eigenvalue weighted by Crippen LogP contribution is 2.34. The lowest BCUT2D eigenvalue weighted by molar-refractivity contribution is 0.923. The van der Waals surface area contributed by atoms with Crippen LogP contribution in [-0.4, -0.2) is 29.5 Å². The highest BCUT2D eigenvalue weighted by molar-refractivity contribution is 6.29. The quantitative estimate of drug-likeness (QED) is 0.361. The summed E-state index contributed by atoms with van der Waals surface area (Å²) >= 11 is 6.12. The largest absolute Gasteiger partial charge is 0.398 e. The Morgan fingerprint density at radius 1 is 0.862 bits per heavy atom. The van der Waals surface area contributed by atoms with Gasteiger partial charge in [-0.15, -0.1) is 0 Å². The van der Waals surface area contributed by atoms with Crippen molar-refractivity contribution in [3.05, 3.63) is 78.5 Å². The van der Waals surface area contributed by atoms with E-state index < -0.39 is 0 Å². The van der Waals surface area contributed by atoms with E-state index in [0.29, 0.717) is 33.7 Å². The van der Waals surface area contributed by atoms with Crippen LogP contribution in [0, 0.1) is 0 Å². The Balaban J connectivity index is 1.76. The molecule has 8 heteroatoms. The Bertz CT molecular complexity index is 1350. The van der Waals surface area contributed by atoms with E-state index in [1.54, 1.807) is 29.3 Å². The van der Waals surface area contributed by atoms with Crippen LogP contribution in [0.1, 0.15) is 0 Å². The van der Waals surface area contributed by atoms with Crippen LogP contribution in [0.3, 0.4) is 0 Å². The molecule has 0 saturated carbocycles. The number of nitrogens with two attached hydrogens (primary N) is 1. The predicted octanol–water partition coefficient (Wildman–Crippen LogP) is 4.15. The van der Waals surface area contributed by atoms with Gasteiger partial charge in [0.25, 0.3) is 0 Å². The Labute approximate surface area is 170 Å². The molecule has 5 rings (SSSR count). The molecule has 0 aliphatic rings. The number of hydrogen-bond acceptors (Lipinski definition) is 6. The minimum absolute atomic E-state index is 0.393. The van der Waals surface area contributed by atoms with Gasteiger partial charge < -0.3 is 5.73 Å². The van der Waals surface area contributed by atoms with Crippen LogP contribution in [0.2, 0.25) is 5.15 Å². The summed E-state index contributed by atoms with van der Waals surface area (Å²) in [5.74, 6) is 0.541. The van der Waals surface area contributed by atoms with Gasteiger partial charge in [-0.2, -0.15) is 5.10 Å². The van der Waals surface area contributed by atoms with Crippen molar-refractivity contribution in [1.29, 1.82) is 0 Å². The fourth-order valence-electron chi connectivity index (χ4n) is 3.21. The zero-order valence-electron chi connectivity index (χ0n) is 15.1. The molecule has 0 amide bonds. The molecule has 4 aromatic heterocycles. The third kappa shape index (κ3) is 3.07. The number of aromatic nitrogens is 6. The van der Waals surface area contributed by atoms with Gasteiger partial charge in [-0.1, -0.05) is 29.8 Å². The molecule has 1 aromatic carbocycles. The van der Waals surface area contributed by atoms with Gasteiger partial charge in [0.15, 0.2) is 5.82 Å². The first-order valence-electron chi connectivity index (χ1n) is 8.84. The van der Waals surface area contributed by atoms with Crippen molar-refractivity contribution in [1.82, 2.24) is 29.5 Å². The SMILES string of the molecule is Nc1ccccc1-c1nccc(-c2c(-c3cccc(Cl)n3)nn3cnccc23)n1. The maximum atomic E-state index is 6.12. The van der Waals surface area contributed by atoms with Crippen LogP contribution in [0.5, 0.6) is 0 Å². The van der Waals surface area contributed by atoms with E-state index in [1.807, 2.05) is 48.5 Å². The van der Waals surface area contributed by atoms with Gasteiger partial charge in [-0.05, 0) is 36.4 Å². The van der Waals surface area contributed by atoms with E-state index in [4.69, 9.17) is 22.3 Å². The summed E-state index contributed by atoms with van der Waals surface area (Å²) in [5, 5.41) is 5.06. The van der Waals surface area contributed by atoms with Gasteiger partial charge in [0.2, 0.25) is 0 Å². The highest BCUT2D eigenvalue weighted by Gasteiger charge is 2.19. The fourth-order valence-corrected chi connectivity index (χ4v) is 3.37. The average molecular weight is 400 g/mol. The van der Waals surface area contributed by atoms with Crippen molar-refractivity contribution in [2.75, 3.05) is 5.73 Å². The lowest BCUT2D eigenvalue weighted by Crippen LogP contribution is -1.96. The van der Waals surface area contributed by atoms with Gasteiger partial charge in [-0.25, -0.2) is 24.5 Å². The summed E-state index contributed by atoms with van der Waals surface area (Å²) in [7, 11) is 0. The minimum Gasteiger partial charge on any atom is -0.398 e. The maximum absolute atomic E-state index is 6.12. The molecule has 0 aliphatic heterocycles. The molecule has 0 aliphatic carbocycles. The summed E-state index contributed by atoms with van der Waals surface area (Å²) < 4.78 is 1.70. The van der Waals surface area contributed by atoms with Crippen LogP contribution >= 0.6 is 11.6 Å². The molecule has 29 heavy (non-hydrogen) atoms. The predicted molar refractivity (Wildman–Crippen MR) is 112 cm³/mol. The molecule has 140 valence electrons. The molecule has 0 unspecified atom stereocenters. The van der Waals surface area contributed by atoms with Crippen molar-refractivity contribution < 1.29 is 0 Å². The summed E-state index contributed by atoms with van der Waals surface area (Å²) in [6.45, 7) is 0. The molecule has 2 N–H and O–H groups in total. The van der Waals surface area contributed by atoms with Crippen LogP contribution < -0.4 is 5.73 Å². The van der Waals surface area contributed by atoms with Crippen LogP contribution in [0.4, 0.5) is 5.69 Å². The number of hydrogen-bond donors (Lipinski definition) is 1. The Morgan fingerprint density at radius 2 is 1.76 bits per heavy atom. The molecule has 0 saturated heterocycles. The molecule has 5 aromatic rings. The van der Waals surface area contributed by atoms with E-state index >= 15 is 0 Å². The second-order valence-electron chi connectivity index (χ2n) is 6.33. The molecule has 0 bridgehead atoms. The molecule has 4 heterocycles. The summed E-state index contributed by atoms with van der Waals surface area (Å²) in [6.07, 6.45) is 5.07. The Hall–Kier alpha value is -3.84. The minimum atomic E-state index is 0.393. The zero-order chi connectivity index (χ0) is 19.8. The number of anilines is 1. The second kappa shape index (κ2) is 6.96. The molecule has 0 fully saturated rings. The number of rotatable bonds is 3. The number of benzene rings is 1. The number of halogens is 1. The van der Waals surface area contributed by atoms with Crippen molar-refractivity contribution in [3.8, 4) is 34.0 Å². The molecule has 0 atom stereocenters. The zero-order valence-corrected chi connectivity index (χ0v) is 15.8. The lowest BCUT2D eigenvalue weighted by Gasteiger charge is -2.07. The van der Waals surface area contributed by atoms with Gasteiger partial charge in [-0.3, -0.25) is 0 Å². The highest BCUT2D eigenvalue weighted by atomic mass is 35.5. The van der Waals surface area contributed by atoms with E-state index in [2.05, 4.69) is 20.1 Å². The number of para-hydroxylation sites is 1.